The van der Waals surface area contributed by atoms with Gasteiger partial charge in [0.25, 0.3) is 0 Å². The molecule has 0 bridgehead atoms. The van der Waals surface area contributed by atoms with Gasteiger partial charge in [-0.2, -0.15) is 0 Å². The van der Waals surface area contributed by atoms with Crippen LogP contribution in [-0.4, -0.2) is 11.3 Å². The fourth-order valence-electron chi connectivity index (χ4n) is 9.90. The predicted octanol–water partition coefficient (Wildman–Crippen LogP) is 9.87. The molecule has 0 radical (unpaired) electrons. The zero-order valence-electron chi connectivity index (χ0n) is 24.0. The maximum atomic E-state index is 11.0. The third-order valence-corrected chi connectivity index (χ3v) is 11.8. The Morgan fingerprint density at radius 1 is 1.05 bits per heavy atom. The SMILES string of the molecule is CC(C)CCC[C@@H](C)[C@H]1CCC2C3CC=C4C[C@@H](c5cccc(OC(=O)O)c5)CC[C@]4(C)C3CC[C@@]21C. The first-order valence-electron chi connectivity index (χ1n) is 15.3. The Bertz CT molecular complexity index is 1010. The molecule has 0 saturated heterocycles. The van der Waals surface area contributed by atoms with Crippen LogP contribution in [0.2, 0.25) is 0 Å². The molecule has 1 aromatic carbocycles. The van der Waals surface area contributed by atoms with E-state index in [0.29, 0.717) is 22.5 Å². The zero-order valence-corrected chi connectivity index (χ0v) is 24.0. The van der Waals surface area contributed by atoms with Gasteiger partial charge in [-0.1, -0.05) is 77.7 Å². The molecule has 3 saturated carbocycles. The molecule has 0 aromatic heterocycles. The first kappa shape index (κ1) is 26.8. The molecular formula is C34H50O3. The Labute approximate surface area is 225 Å². The molecule has 3 fully saturated rings. The smallest absolute Gasteiger partial charge is 0.449 e. The number of fused-ring (bicyclic) bond motifs is 5. The van der Waals surface area contributed by atoms with Crippen molar-refractivity contribution in [3.8, 4) is 5.75 Å². The number of allylic oxidation sites excluding steroid dienone is 2. The molecule has 0 aliphatic heterocycles. The van der Waals surface area contributed by atoms with E-state index in [4.69, 9.17) is 9.84 Å². The van der Waals surface area contributed by atoms with Crippen molar-refractivity contribution in [1.29, 1.82) is 0 Å². The molecule has 4 aliphatic carbocycles. The van der Waals surface area contributed by atoms with Gasteiger partial charge in [0.15, 0.2) is 0 Å². The van der Waals surface area contributed by atoms with Gasteiger partial charge >= 0.3 is 6.16 Å². The van der Waals surface area contributed by atoms with Gasteiger partial charge in [-0.05, 0) is 121 Å². The largest absolute Gasteiger partial charge is 0.511 e. The van der Waals surface area contributed by atoms with Crippen molar-refractivity contribution in [3.63, 3.8) is 0 Å². The first-order chi connectivity index (χ1) is 17.6. The van der Waals surface area contributed by atoms with Crippen molar-refractivity contribution in [1.82, 2.24) is 0 Å². The number of ether oxygens (including phenoxy) is 1. The average Bonchev–Trinajstić information content (AvgIpc) is 3.20. The highest BCUT2D eigenvalue weighted by Gasteiger charge is 2.59. The van der Waals surface area contributed by atoms with Gasteiger partial charge in [-0.25, -0.2) is 4.79 Å². The lowest BCUT2D eigenvalue weighted by molar-refractivity contribution is -0.0510. The summed E-state index contributed by atoms with van der Waals surface area (Å²) in [6, 6.07) is 7.78. The predicted molar refractivity (Wildman–Crippen MR) is 151 cm³/mol. The monoisotopic (exact) mass is 506 g/mol. The molecule has 0 amide bonds. The van der Waals surface area contributed by atoms with E-state index < -0.39 is 6.16 Å². The normalized spacial score (nSPS) is 37.8. The third kappa shape index (κ3) is 5.01. The summed E-state index contributed by atoms with van der Waals surface area (Å²) in [5.41, 5.74) is 3.80. The quantitative estimate of drug-likeness (QED) is 0.227. The summed E-state index contributed by atoms with van der Waals surface area (Å²) in [4.78, 5) is 11.0. The minimum absolute atomic E-state index is 0.344. The van der Waals surface area contributed by atoms with Crippen molar-refractivity contribution < 1.29 is 14.6 Å². The Kier molecular flexibility index (Phi) is 7.55. The zero-order chi connectivity index (χ0) is 26.4. The second kappa shape index (κ2) is 10.4. The van der Waals surface area contributed by atoms with E-state index in [1.165, 1.54) is 69.8 Å². The Morgan fingerprint density at radius 2 is 1.86 bits per heavy atom. The molecule has 204 valence electrons. The number of carboxylic acid groups (broad SMARTS) is 1. The van der Waals surface area contributed by atoms with E-state index in [1.807, 2.05) is 12.1 Å². The van der Waals surface area contributed by atoms with Gasteiger partial charge in [0, 0.05) is 0 Å². The van der Waals surface area contributed by atoms with Crippen LogP contribution in [0, 0.1) is 46.3 Å². The van der Waals surface area contributed by atoms with Crippen molar-refractivity contribution in [2.75, 3.05) is 0 Å². The molecule has 0 spiro atoms. The fraction of sp³-hybridized carbons (Fsp3) is 0.735. The van der Waals surface area contributed by atoms with Crippen LogP contribution < -0.4 is 4.74 Å². The maximum absolute atomic E-state index is 11.0. The van der Waals surface area contributed by atoms with E-state index in [-0.39, 0.29) is 0 Å². The second-order valence-corrected chi connectivity index (χ2v) is 14.2. The van der Waals surface area contributed by atoms with Gasteiger partial charge in [0.2, 0.25) is 0 Å². The summed E-state index contributed by atoms with van der Waals surface area (Å²) in [6.07, 6.45) is 16.2. The van der Waals surface area contributed by atoms with Crippen LogP contribution in [0.25, 0.3) is 0 Å². The number of rotatable bonds is 7. The molecule has 8 atom stereocenters. The molecule has 5 rings (SSSR count). The summed E-state index contributed by atoms with van der Waals surface area (Å²) in [7, 11) is 0. The van der Waals surface area contributed by atoms with Gasteiger partial charge in [0.05, 0.1) is 0 Å². The standard InChI is InChI=1S/C34H50O3/c1-22(2)8-6-9-23(3)29-14-15-30-28-13-12-26-20-25(24-10-7-11-27(21-24)37-32(35)36)16-18-33(26,4)31(28)17-19-34(29,30)5/h7,10-12,21-23,25,28-31H,6,8-9,13-20H2,1-5H3,(H,35,36)/t23-,25+,28?,29-,30?,31?,33+,34-/m1/s1. The van der Waals surface area contributed by atoms with E-state index in [0.717, 1.165) is 41.9 Å². The highest BCUT2D eigenvalue weighted by Crippen LogP contribution is 2.68. The van der Waals surface area contributed by atoms with Crippen LogP contribution in [0.3, 0.4) is 0 Å². The summed E-state index contributed by atoms with van der Waals surface area (Å²) < 4.78 is 4.95. The molecule has 37 heavy (non-hydrogen) atoms. The van der Waals surface area contributed by atoms with Crippen LogP contribution in [0.4, 0.5) is 4.79 Å². The Balaban J connectivity index is 1.29. The topological polar surface area (TPSA) is 46.5 Å². The Hall–Kier alpha value is -1.77. The third-order valence-electron chi connectivity index (χ3n) is 11.8. The maximum Gasteiger partial charge on any atom is 0.511 e. The van der Waals surface area contributed by atoms with Gasteiger partial charge in [0.1, 0.15) is 5.75 Å². The summed E-state index contributed by atoms with van der Waals surface area (Å²) in [6.45, 7) is 12.6. The van der Waals surface area contributed by atoms with Gasteiger partial charge in [-0.3, -0.25) is 0 Å². The van der Waals surface area contributed by atoms with E-state index >= 15 is 0 Å². The summed E-state index contributed by atoms with van der Waals surface area (Å²) >= 11 is 0. The average molecular weight is 507 g/mol. The van der Waals surface area contributed by atoms with Crippen molar-refractivity contribution in [2.24, 2.45) is 46.3 Å². The summed E-state index contributed by atoms with van der Waals surface area (Å²) in [5, 5.41) is 9.02. The van der Waals surface area contributed by atoms with Crippen molar-refractivity contribution in [2.45, 2.75) is 111 Å². The van der Waals surface area contributed by atoms with E-state index in [9.17, 15) is 4.79 Å². The van der Waals surface area contributed by atoms with Crippen molar-refractivity contribution in [3.05, 3.63) is 41.5 Å². The number of hydrogen-bond acceptors (Lipinski definition) is 2. The molecular weight excluding hydrogens is 456 g/mol. The number of hydrogen-bond donors (Lipinski definition) is 1. The summed E-state index contributed by atoms with van der Waals surface area (Å²) in [5.74, 6) is 6.12. The molecule has 4 aliphatic rings. The molecule has 3 nitrogen and oxygen atoms in total. The minimum atomic E-state index is -1.24. The molecule has 3 heteroatoms. The van der Waals surface area contributed by atoms with E-state index in [1.54, 1.807) is 11.6 Å². The van der Waals surface area contributed by atoms with Crippen molar-refractivity contribution >= 4 is 6.16 Å². The minimum Gasteiger partial charge on any atom is -0.449 e. The molecule has 1 aromatic rings. The highest BCUT2D eigenvalue weighted by atomic mass is 16.7. The van der Waals surface area contributed by atoms with Crippen LogP contribution in [0.15, 0.2) is 35.9 Å². The van der Waals surface area contributed by atoms with Crippen LogP contribution in [-0.2, 0) is 0 Å². The number of carbonyl (C=O) groups is 1. The van der Waals surface area contributed by atoms with Gasteiger partial charge in [-0.15, -0.1) is 0 Å². The lowest BCUT2D eigenvalue weighted by atomic mass is 9.46. The lowest BCUT2D eigenvalue weighted by Gasteiger charge is -2.58. The van der Waals surface area contributed by atoms with E-state index in [2.05, 4.69) is 46.8 Å². The Morgan fingerprint density at radius 3 is 2.62 bits per heavy atom. The molecule has 0 heterocycles. The lowest BCUT2D eigenvalue weighted by Crippen LogP contribution is -2.50. The first-order valence-corrected chi connectivity index (χ1v) is 15.3. The molecule has 1 N–H and O–H groups in total. The van der Waals surface area contributed by atoms with Crippen LogP contribution >= 0.6 is 0 Å². The van der Waals surface area contributed by atoms with Crippen LogP contribution in [0.1, 0.15) is 117 Å². The molecule has 3 unspecified atom stereocenters. The number of benzene rings is 1. The van der Waals surface area contributed by atoms with Crippen LogP contribution in [0.5, 0.6) is 5.75 Å². The second-order valence-electron chi connectivity index (χ2n) is 14.2. The highest BCUT2D eigenvalue weighted by molar-refractivity contribution is 5.61. The fourth-order valence-corrected chi connectivity index (χ4v) is 9.90. The van der Waals surface area contributed by atoms with Gasteiger partial charge < -0.3 is 9.84 Å².